The monoisotopic (exact) mass is 230 g/mol. The molecule has 1 aliphatic rings. The van der Waals surface area contributed by atoms with Crippen LogP contribution in [0.25, 0.3) is 0 Å². The molecule has 1 rings (SSSR count). The molecule has 1 fully saturated rings. The third-order valence-corrected chi connectivity index (χ3v) is 2.42. The Morgan fingerprint density at radius 2 is 1.80 bits per heavy atom. The van der Waals surface area contributed by atoms with Gasteiger partial charge in [0.1, 0.15) is 0 Å². The SMILES string of the molecule is CCCC(=S)C1C(=O)OC(C)(C)OC1=O. The minimum absolute atomic E-state index is 0.392. The molecule has 0 spiro atoms. The first-order chi connectivity index (χ1) is 6.87. The second kappa shape index (κ2) is 4.26. The second-order valence-corrected chi connectivity index (χ2v) is 4.42. The van der Waals surface area contributed by atoms with Gasteiger partial charge in [-0.25, -0.2) is 0 Å². The highest BCUT2D eigenvalue weighted by Crippen LogP contribution is 2.25. The Balaban J connectivity index is 2.80. The van der Waals surface area contributed by atoms with Gasteiger partial charge in [0, 0.05) is 18.7 Å². The van der Waals surface area contributed by atoms with Crippen molar-refractivity contribution in [2.75, 3.05) is 0 Å². The largest absolute Gasteiger partial charge is 0.422 e. The number of ether oxygens (including phenoxy) is 2. The van der Waals surface area contributed by atoms with Crippen molar-refractivity contribution in [2.24, 2.45) is 5.92 Å². The second-order valence-electron chi connectivity index (χ2n) is 3.89. The van der Waals surface area contributed by atoms with Gasteiger partial charge in [-0.05, 0) is 6.42 Å². The molecule has 4 nitrogen and oxygen atoms in total. The molecule has 0 N–H and O–H groups in total. The zero-order valence-corrected chi connectivity index (χ0v) is 9.85. The van der Waals surface area contributed by atoms with Crippen LogP contribution in [0, 0.1) is 5.92 Å². The first kappa shape index (κ1) is 12.1. The number of cyclic esters (lactones) is 2. The number of carbonyl (C=O) groups is 2. The summed E-state index contributed by atoms with van der Waals surface area (Å²) in [4.78, 5) is 23.4. The Labute approximate surface area is 93.9 Å². The van der Waals surface area contributed by atoms with E-state index in [1.54, 1.807) is 0 Å². The third kappa shape index (κ3) is 2.75. The molecule has 0 aromatic carbocycles. The zero-order chi connectivity index (χ0) is 11.6. The van der Waals surface area contributed by atoms with Crippen LogP contribution in [0.4, 0.5) is 0 Å². The predicted molar refractivity (Wildman–Crippen MR) is 57.3 cm³/mol. The molecule has 0 aliphatic carbocycles. The molecule has 1 saturated heterocycles. The van der Waals surface area contributed by atoms with Crippen molar-refractivity contribution < 1.29 is 19.1 Å². The van der Waals surface area contributed by atoms with E-state index in [0.29, 0.717) is 11.3 Å². The number of rotatable bonds is 3. The summed E-state index contributed by atoms with van der Waals surface area (Å²) >= 11 is 5.00. The predicted octanol–water partition coefficient (Wildman–Crippen LogP) is 1.61. The third-order valence-electron chi connectivity index (χ3n) is 1.98. The van der Waals surface area contributed by atoms with Crippen molar-refractivity contribution in [1.82, 2.24) is 0 Å². The van der Waals surface area contributed by atoms with Crippen LogP contribution in [0.3, 0.4) is 0 Å². The van der Waals surface area contributed by atoms with E-state index in [2.05, 4.69) is 0 Å². The van der Waals surface area contributed by atoms with E-state index in [9.17, 15) is 9.59 Å². The van der Waals surface area contributed by atoms with Gasteiger partial charge in [0.05, 0.1) is 0 Å². The molecule has 0 amide bonds. The van der Waals surface area contributed by atoms with Gasteiger partial charge < -0.3 is 9.47 Å². The summed E-state index contributed by atoms with van der Waals surface area (Å²) in [7, 11) is 0. The Hall–Kier alpha value is -0.970. The zero-order valence-electron chi connectivity index (χ0n) is 9.03. The van der Waals surface area contributed by atoms with Crippen molar-refractivity contribution in [1.29, 1.82) is 0 Å². The van der Waals surface area contributed by atoms with Crippen LogP contribution in [0.2, 0.25) is 0 Å². The molecule has 1 aliphatic heterocycles. The molecular formula is C10H14O4S. The number of thiocarbonyl (C=S) groups is 1. The summed E-state index contributed by atoms with van der Waals surface area (Å²) in [6.07, 6.45) is 1.34. The maximum Gasteiger partial charge on any atom is 0.328 e. The lowest BCUT2D eigenvalue weighted by Gasteiger charge is -2.33. The van der Waals surface area contributed by atoms with Crippen LogP contribution in [-0.2, 0) is 19.1 Å². The van der Waals surface area contributed by atoms with Crippen LogP contribution in [0.15, 0.2) is 0 Å². The lowest BCUT2D eigenvalue weighted by atomic mass is 10.0. The van der Waals surface area contributed by atoms with Crippen LogP contribution in [0.5, 0.6) is 0 Å². The summed E-state index contributed by atoms with van der Waals surface area (Å²) in [6.45, 7) is 4.96. The number of esters is 2. The highest BCUT2D eigenvalue weighted by molar-refractivity contribution is 7.80. The molecule has 0 atom stereocenters. The van der Waals surface area contributed by atoms with Crippen LogP contribution in [0.1, 0.15) is 33.6 Å². The quantitative estimate of drug-likeness (QED) is 0.419. The van der Waals surface area contributed by atoms with Gasteiger partial charge in [0.2, 0.25) is 0 Å². The minimum atomic E-state index is -1.17. The summed E-state index contributed by atoms with van der Waals surface area (Å²) in [5.74, 6) is -3.40. The van der Waals surface area contributed by atoms with Crippen molar-refractivity contribution in [2.45, 2.75) is 39.4 Å². The Morgan fingerprint density at radius 3 is 2.20 bits per heavy atom. The lowest BCUT2D eigenvalue weighted by molar-refractivity contribution is -0.235. The smallest absolute Gasteiger partial charge is 0.328 e. The average molecular weight is 230 g/mol. The number of carbonyl (C=O) groups excluding carboxylic acids is 2. The molecule has 1 heterocycles. The summed E-state index contributed by atoms with van der Waals surface area (Å²) in [6, 6.07) is 0. The first-order valence-electron chi connectivity index (χ1n) is 4.86. The van der Waals surface area contributed by atoms with E-state index in [0.717, 1.165) is 6.42 Å². The van der Waals surface area contributed by atoms with Gasteiger partial charge in [0.25, 0.3) is 5.79 Å². The molecule has 0 unspecified atom stereocenters. The average Bonchev–Trinajstić information content (AvgIpc) is 1.99. The molecule has 0 aromatic heterocycles. The van der Waals surface area contributed by atoms with Crippen LogP contribution in [-0.4, -0.2) is 22.6 Å². The van der Waals surface area contributed by atoms with Gasteiger partial charge >= 0.3 is 11.9 Å². The van der Waals surface area contributed by atoms with E-state index in [1.807, 2.05) is 6.92 Å². The highest BCUT2D eigenvalue weighted by Gasteiger charge is 2.44. The van der Waals surface area contributed by atoms with Crippen molar-refractivity contribution in [3.8, 4) is 0 Å². The Morgan fingerprint density at radius 1 is 1.33 bits per heavy atom. The van der Waals surface area contributed by atoms with Crippen LogP contribution < -0.4 is 0 Å². The molecule has 0 bridgehead atoms. The molecular weight excluding hydrogens is 216 g/mol. The highest BCUT2D eigenvalue weighted by atomic mass is 32.1. The van der Waals surface area contributed by atoms with Gasteiger partial charge in [-0.1, -0.05) is 25.6 Å². The van der Waals surface area contributed by atoms with E-state index in [1.165, 1.54) is 13.8 Å². The normalized spacial score (nSPS) is 20.7. The molecule has 0 radical (unpaired) electrons. The maximum atomic E-state index is 11.5. The summed E-state index contributed by atoms with van der Waals surface area (Å²) < 4.78 is 9.91. The van der Waals surface area contributed by atoms with E-state index in [-0.39, 0.29) is 0 Å². The fraction of sp³-hybridized carbons (Fsp3) is 0.700. The number of hydrogen-bond acceptors (Lipinski definition) is 5. The molecule has 5 heteroatoms. The number of hydrogen-bond donors (Lipinski definition) is 0. The topological polar surface area (TPSA) is 52.6 Å². The molecule has 15 heavy (non-hydrogen) atoms. The first-order valence-corrected chi connectivity index (χ1v) is 5.26. The standard InChI is InChI=1S/C10H14O4S/c1-4-5-6(15)7-8(11)13-10(2,3)14-9(7)12/h7H,4-5H2,1-3H3. The Kier molecular flexibility index (Phi) is 3.44. The van der Waals surface area contributed by atoms with Crippen molar-refractivity contribution >= 4 is 29.0 Å². The molecule has 0 aromatic rings. The van der Waals surface area contributed by atoms with Gasteiger partial charge in [-0.15, -0.1) is 0 Å². The fourth-order valence-electron chi connectivity index (χ4n) is 1.37. The molecule has 84 valence electrons. The molecule has 0 saturated carbocycles. The van der Waals surface area contributed by atoms with Crippen molar-refractivity contribution in [3.05, 3.63) is 0 Å². The van der Waals surface area contributed by atoms with Gasteiger partial charge in [-0.2, -0.15) is 0 Å². The summed E-state index contributed by atoms with van der Waals surface area (Å²) in [5, 5.41) is 0. The van der Waals surface area contributed by atoms with Crippen molar-refractivity contribution in [3.63, 3.8) is 0 Å². The lowest BCUT2D eigenvalue weighted by Crippen LogP contribution is -2.48. The fourth-order valence-corrected chi connectivity index (χ4v) is 1.77. The van der Waals surface area contributed by atoms with E-state index < -0.39 is 23.6 Å². The summed E-state index contributed by atoms with van der Waals surface area (Å²) in [5.41, 5.74) is 0. The van der Waals surface area contributed by atoms with Crippen LogP contribution >= 0.6 is 12.2 Å². The Bertz CT molecular complexity index is 289. The van der Waals surface area contributed by atoms with Gasteiger partial charge in [0.15, 0.2) is 5.92 Å². The minimum Gasteiger partial charge on any atom is -0.422 e. The van der Waals surface area contributed by atoms with E-state index >= 15 is 0 Å². The van der Waals surface area contributed by atoms with E-state index in [4.69, 9.17) is 21.7 Å². The van der Waals surface area contributed by atoms with Gasteiger partial charge in [-0.3, -0.25) is 9.59 Å². The maximum absolute atomic E-state index is 11.5.